The van der Waals surface area contributed by atoms with Crippen LogP contribution < -0.4 is 0 Å². The first kappa shape index (κ1) is 14.8. The van der Waals surface area contributed by atoms with Gasteiger partial charge in [0.1, 0.15) is 0 Å². The Bertz CT molecular complexity index is 227. The van der Waals surface area contributed by atoms with Gasteiger partial charge in [0, 0.05) is 0 Å². The molecule has 0 radical (unpaired) electrons. The zero-order valence-corrected chi connectivity index (χ0v) is 10.6. The van der Waals surface area contributed by atoms with Crippen LogP contribution in [-0.2, 0) is 0 Å². The number of hydrogen-bond donors (Lipinski definition) is 1. The fourth-order valence-corrected chi connectivity index (χ4v) is 3.02. The minimum atomic E-state index is -4.15. The van der Waals surface area contributed by atoms with E-state index in [0.717, 1.165) is 19.3 Å². The van der Waals surface area contributed by atoms with Gasteiger partial charge in [-0.05, 0) is 31.1 Å². The van der Waals surface area contributed by atoms with E-state index in [-0.39, 0.29) is 12.3 Å². The minimum absolute atomic E-state index is 0.0343. The van der Waals surface area contributed by atoms with E-state index < -0.39 is 24.1 Å². The van der Waals surface area contributed by atoms with Gasteiger partial charge >= 0.3 is 6.18 Å². The Balaban J connectivity index is 2.70. The average molecular weight is 252 g/mol. The summed E-state index contributed by atoms with van der Waals surface area (Å²) in [7, 11) is 0. The number of rotatable bonds is 4. The zero-order chi connectivity index (χ0) is 13.1. The van der Waals surface area contributed by atoms with Crippen LogP contribution in [-0.4, -0.2) is 17.4 Å². The first-order valence-corrected chi connectivity index (χ1v) is 6.62. The van der Waals surface area contributed by atoms with Crippen molar-refractivity contribution in [3.63, 3.8) is 0 Å². The number of halogens is 3. The Kier molecular flexibility index (Phi) is 5.29. The van der Waals surface area contributed by atoms with Crippen molar-refractivity contribution in [3.05, 3.63) is 0 Å². The summed E-state index contributed by atoms with van der Waals surface area (Å²) in [6.45, 7) is 3.85. The molecule has 4 unspecified atom stereocenters. The van der Waals surface area contributed by atoms with Gasteiger partial charge in [-0.1, -0.05) is 33.1 Å². The molecule has 0 aromatic carbocycles. The van der Waals surface area contributed by atoms with Crippen LogP contribution in [0, 0.1) is 17.8 Å². The van der Waals surface area contributed by atoms with Crippen molar-refractivity contribution < 1.29 is 18.3 Å². The molecule has 0 heterocycles. The predicted octanol–water partition coefficient (Wildman–Crippen LogP) is 4.15. The molecule has 0 aliphatic heterocycles. The van der Waals surface area contributed by atoms with Crippen LogP contribution in [0.25, 0.3) is 0 Å². The molecule has 1 fully saturated rings. The zero-order valence-electron chi connectivity index (χ0n) is 10.6. The van der Waals surface area contributed by atoms with Crippen molar-refractivity contribution in [1.82, 2.24) is 0 Å². The van der Waals surface area contributed by atoms with E-state index in [1.54, 1.807) is 0 Å². The Morgan fingerprint density at radius 3 is 2.35 bits per heavy atom. The maximum atomic E-state index is 12.9. The first-order chi connectivity index (χ1) is 7.88. The highest BCUT2D eigenvalue weighted by atomic mass is 19.4. The van der Waals surface area contributed by atoms with Gasteiger partial charge in [-0.25, -0.2) is 0 Å². The van der Waals surface area contributed by atoms with Crippen LogP contribution in [0.4, 0.5) is 13.2 Å². The number of alkyl halides is 3. The third kappa shape index (κ3) is 3.87. The lowest BCUT2D eigenvalue weighted by Crippen LogP contribution is -2.41. The van der Waals surface area contributed by atoms with Gasteiger partial charge in [0.15, 0.2) is 0 Å². The first-order valence-electron chi connectivity index (χ1n) is 6.62. The monoisotopic (exact) mass is 252 g/mol. The van der Waals surface area contributed by atoms with Crippen LogP contribution in [0.3, 0.4) is 0 Å². The van der Waals surface area contributed by atoms with Crippen molar-refractivity contribution in [2.75, 3.05) is 0 Å². The second-order valence-corrected chi connectivity index (χ2v) is 5.35. The molecule has 4 atom stereocenters. The molecule has 0 amide bonds. The third-order valence-electron chi connectivity index (χ3n) is 4.01. The lowest BCUT2D eigenvalue weighted by molar-refractivity contribution is -0.209. The number of aliphatic hydroxyl groups is 1. The van der Waals surface area contributed by atoms with Gasteiger partial charge in [0.25, 0.3) is 0 Å². The summed E-state index contributed by atoms with van der Waals surface area (Å²) in [5.41, 5.74) is 0. The van der Waals surface area contributed by atoms with E-state index in [0.29, 0.717) is 12.8 Å². The predicted molar refractivity (Wildman–Crippen MR) is 61.6 cm³/mol. The van der Waals surface area contributed by atoms with E-state index in [2.05, 4.69) is 0 Å². The summed E-state index contributed by atoms with van der Waals surface area (Å²) in [5.74, 6) is -1.93. The molecule has 1 aliphatic rings. The van der Waals surface area contributed by atoms with Crippen molar-refractivity contribution in [2.24, 2.45) is 17.8 Å². The standard InChI is InChI=1S/C13H23F3O/c1-3-6-9(2)12(17)10-7-4-5-8-11(10)13(14,15)16/h9-12,17H,3-8H2,1-2H3. The quantitative estimate of drug-likeness (QED) is 0.796. The van der Waals surface area contributed by atoms with Gasteiger partial charge in [0.05, 0.1) is 12.0 Å². The molecule has 0 bridgehead atoms. The topological polar surface area (TPSA) is 20.2 Å². The number of hydrogen-bond acceptors (Lipinski definition) is 1. The number of aliphatic hydroxyl groups excluding tert-OH is 1. The molecular weight excluding hydrogens is 229 g/mol. The summed E-state index contributed by atoms with van der Waals surface area (Å²) >= 11 is 0. The third-order valence-corrected chi connectivity index (χ3v) is 4.01. The molecule has 1 aliphatic carbocycles. The molecule has 0 aromatic rings. The smallest absolute Gasteiger partial charge is 0.392 e. The Morgan fingerprint density at radius 1 is 1.24 bits per heavy atom. The van der Waals surface area contributed by atoms with Gasteiger partial charge in [0.2, 0.25) is 0 Å². The molecule has 102 valence electrons. The van der Waals surface area contributed by atoms with Gasteiger partial charge < -0.3 is 5.11 Å². The summed E-state index contributed by atoms with van der Waals surface area (Å²) < 4.78 is 38.7. The Hall–Kier alpha value is -0.250. The second-order valence-electron chi connectivity index (χ2n) is 5.35. The molecule has 0 saturated heterocycles. The summed E-state index contributed by atoms with van der Waals surface area (Å²) in [6.07, 6.45) is -1.12. The average Bonchev–Trinajstić information content (AvgIpc) is 2.27. The van der Waals surface area contributed by atoms with E-state index in [4.69, 9.17) is 0 Å². The maximum Gasteiger partial charge on any atom is 0.392 e. The van der Waals surface area contributed by atoms with E-state index in [9.17, 15) is 18.3 Å². The van der Waals surface area contributed by atoms with Crippen LogP contribution in [0.5, 0.6) is 0 Å². The Labute approximate surface area is 101 Å². The van der Waals surface area contributed by atoms with Crippen LogP contribution in [0.2, 0.25) is 0 Å². The molecule has 0 aromatic heterocycles. The van der Waals surface area contributed by atoms with Crippen LogP contribution in [0.1, 0.15) is 52.4 Å². The van der Waals surface area contributed by atoms with E-state index >= 15 is 0 Å². The highest BCUT2D eigenvalue weighted by Crippen LogP contribution is 2.44. The van der Waals surface area contributed by atoms with E-state index in [1.165, 1.54) is 0 Å². The summed E-state index contributed by atoms with van der Waals surface area (Å²) in [5, 5.41) is 10.1. The highest BCUT2D eigenvalue weighted by Gasteiger charge is 2.48. The van der Waals surface area contributed by atoms with Crippen LogP contribution >= 0.6 is 0 Å². The lowest BCUT2D eigenvalue weighted by Gasteiger charge is -2.38. The largest absolute Gasteiger partial charge is 0.393 e. The highest BCUT2D eigenvalue weighted by molar-refractivity contribution is 4.86. The molecule has 1 saturated carbocycles. The van der Waals surface area contributed by atoms with Gasteiger partial charge in [-0.3, -0.25) is 0 Å². The minimum Gasteiger partial charge on any atom is -0.393 e. The summed E-state index contributed by atoms with van der Waals surface area (Å²) in [4.78, 5) is 0. The fraction of sp³-hybridized carbons (Fsp3) is 1.00. The molecule has 1 N–H and O–H groups in total. The van der Waals surface area contributed by atoms with Crippen molar-refractivity contribution in [2.45, 2.75) is 64.7 Å². The second kappa shape index (κ2) is 6.07. The molecule has 1 nitrogen and oxygen atoms in total. The van der Waals surface area contributed by atoms with Crippen molar-refractivity contribution >= 4 is 0 Å². The molecule has 17 heavy (non-hydrogen) atoms. The molecule has 1 rings (SSSR count). The Morgan fingerprint density at radius 2 is 1.82 bits per heavy atom. The van der Waals surface area contributed by atoms with Crippen molar-refractivity contribution in [1.29, 1.82) is 0 Å². The van der Waals surface area contributed by atoms with Gasteiger partial charge in [-0.15, -0.1) is 0 Å². The van der Waals surface area contributed by atoms with Crippen molar-refractivity contribution in [3.8, 4) is 0 Å². The maximum absolute atomic E-state index is 12.9. The molecule has 0 spiro atoms. The molecular formula is C13H23F3O. The van der Waals surface area contributed by atoms with E-state index in [1.807, 2.05) is 13.8 Å². The van der Waals surface area contributed by atoms with Gasteiger partial charge in [-0.2, -0.15) is 13.2 Å². The van der Waals surface area contributed by atoms with Crippen LogP contribution in [0.15, 0.2) is 0 Å². The fourth-order valence-electron chi connectivity index (χ4n) is 3.02. The normalized spacial score (nSPS) is 30.0. The lowest BCUT2D eigenvalue weighted by atomic mass is 9.72. The SMILES string of the molecule is CCCC(C)C(O)C1CCCCC1C(F)(F)F. The molecule has 4 heteroatoms. The summed E-state index contributed by atoms with van der Waals surface area (Å²) in [6, 6.07) is 0.